The second kappa shape index (κ2) is 9.47. The van der Waals surface area contributed by atoms with Crippen molar-refractivity contribution in [2.24, 2.45) is 0 Å². The molecular formula is C24H22FN3O4. The van der Waals surface area contributed by atoms with Gasteiger partial charge in [-0.3, -0.25) is 9.59 Å². The Morgan fingerprint density at radius 1 is 1.06 bits per heavy atom. The van der Waals surface area contributed by atoms with E-state index in [1.165, 1.54) is 12.1 Å². The molecule has 2 heterocycles. The van der Waals surface area contributed by atoms with Gasteiger partial charge in [0, 0.05) is 12.5 Å². The van der Waals surface area contributed by atoms with Crippen molar-refractivity contribution in [2.45, 2.75) is 24.8 Å². The maximum Gasteiger partial charge on any atom is 0.329 e. The lowest BCUT2D eigenvalue weighted by molar-refractivity contribution is -0.125. The Balaban J connectivity index is 1.34. The highest BCUT2D eigenvalue weighted by Crippen LogP contribution is 2.28. The van der Waals surface area contributed by atoms with Crippen LogP contribution in [0.15, 0.2) is 77.4 Å². The molecule has 2 aromatic carbocycles. The van der Waals surface area contributed by atoms with Gasteiger partial charge in [-0.15, -0.1) is 0 Å². The van der Waals surface area contributed by atoms with E-state index in [2.05, 4.69) is 10.6 Å². The van der Waals surface area contributed by atoms with E-state index in [0.717, 1.165) is 10.5 Å². The van der Waals surface area contributed by atoms with E-state index in [1.54, 1.807) is 54.8 Å². The minimum atomic E-state index is -0.916. The van der Waals surface area contributed by atoms with Gasteiger partial charge in [0.15, 0.2) is 0 Å². The Hall–Kier alpha value is -3.94. The highest BCUT2D eigenvalue weighted by molar-refractivity contribution is 6.22. The van der Waals surface area contributed by atoms with E-state index in [4.69, 9.17) is 4.42 Å². The topological polar surface area (TPSA) is 91.7 Å². The van der Waals surface area contributed by atoms with Crippen LogP contribution in [0.25, 0.3) is 0 Å². The van der Waals surface area contributed by atoms with Crippen LogP contribution in [0, 0.1) is 5.82 Å². The summed E-state index contributed by atoms with van der Waals surface area (Å²) < 4.78 is 18.8. The first kappa shape index (κ1) is 21.3. The molecule has 1 fully saturated rings. The van der Waals surface area contributed by atoms with E-state index < -0.39 is 18.0 Å². The molecule has 8 heteroatoms. The number of hydrogen-bond acceptors (Lipinski definition) is 4. The average Bonchev–Trinajstić information content (AvgIpc) is 3.41. The zero-order valence-corrected chi connectivity index (χ0v) is 17.2. The number of furan rings is 1. The van der Waals surface area contributed by atoms with Crippen LogP contribution in [0.1, 0.15) is 30.1 Å². The molecule has 0 bridgehead atoms. The SMILES string of the molecule is O=C(C[C@H]1NC(=O)N(c2ccccc2)C1=O)NCC[C@@H](c1ccc(F)cc1)c1ccco1. The highest BCUT2D eigenvalue weighted by atomic mass is 19.1. The smallest absolute Gasteiger partial charge is 0.329 e. The summed E-state index contributed by atoms with van der Waals surface area (Å²) in [5.74, 6) is -0.588. The largest absolute Gasteiger partial charge is 0.469 e. The van der Waals surface area contributed by atoms with Gasteiger partial charge in [0.25, 0.3) is 5.91 Å². The molecule has 164 valence electrons. The number of imide groups is 1. The molecule has 3 aromatic rings. The van der Waals surface area contributed by atoms with Gasteiger partial charge in [-0.2, -0.15) is 0 Å². The van der Waals surface area contributed by atoms with Gasteiger partial charge in [-0.25, -0.2) is 14.1 Å². The van der Waals surface area contributed by atoms with Gasteiger partial charge >= 0.3 is 6.03 Å². The number of nitrogens with zero attached hydrogens (tertiary/aromatic N) is 1. The number of amides is 4. The Morgan fingerprint density at radius 3 is 2.50 bits per heavy atom. The number of halogens is 1. The number of carbonyl (C=O) groups excluding carboxylic acids is 3. The minimum Gasteiger partial charge on any atom is -0.469 e. The van der Waals surface area contributed by atoms with Crippen LogP contribution in [0.4, 0.5) is 14.9 Å². The number of anilines is 1. The maximum absolute atomic E-state index is 13.3. The summed E-state index contributed by atoms with van der Waals surface area (Å²) in [5, 5.41) is 5.36. The van der Waals surface area contributed by atoms with Gasteiger partial charge < -0.3 is 15.1 Å². The van der Waals surface area contributed by atoms with Crippen molar-refractivity contribution >= 4 is 23.5 Å². The molecule has 4 rings (SSSR count). The van der Waals surface area contributed by atoms with Crippen LogP contribution in [0.2, 0.25) is 0 Å². The Labute approximate surface area is 184 Å². The molecule has 1 aromatic heterocycles. The number of benzene rings is 2. The fraction of sp³-hybridized carbons (Fsp3) is 0.208. The van der Waals surface area contributed by atoms with E-state index in [1.807, 2.05) is 6.07 Å². The van der Waals surface area contributed by atoms with Crippen LogP contribution in [-0.4, -0.2) is 30.4 Å². The quantitative estimate of drug-likeness (QED) is 0.529. The van der Waals surface area contributed by atoms with Crippen LogP contribution >= 0.6 is 0 Å². The molecule has 7 nitrogen and oxygen atoms in total. The first-order chi connectivity index (χ1) is 15.5. The molecule has 2 N–H and O–H groups in total. The Morgan fingerprint density at radius 2 is 1.81 bits per heavy atom. The number of nitrogens with one attached hydrogen (secondary N) is 2. The molecule has 4 amide bonds. The summed E-state index contributed by atoms with van der Waals surface area (Å²) in [4.78, 5) is 38.3. The van der Waals surface area contributed by atoms with E-state index in [-0.39, 0.29) is 24.1 Å². The predicted molar refractivity (Wildman–Crippen MR) is 115 cm³/mol. The van der Waals surface area contributed by atoms with Crippen LogP contribution in [-0.2, 0) is 9.59 Å². The molecule has 0 saturated carbocycles. The number of carbonyl (C=O) groups is 3. The van der Waals surface area contributed by atoms with Crippen molar-refractivity contribution < 1.29 is 23.2 Å². The van der Waals surface area contributed by atoms with Crippen molar-refractivity contribution in [2.75, 3.05) is 11.4 Å². The van der Waals surface area contributed by atoms with Gasteiger partial charge in [0.05, 0.1) is 18.4 Å². The third-order valence-corrected chi connectivity index (χ3v) is 5.34. The molecule has 0 aliphatic carbocycles. The van der Waals surface area contributed by atoms with Crippen molar-refractivity contribution in [1.29, 1.82) is 0 Å². The summed E-state index contributed by atoms with van der Waals surface area (Å²) in [6, 6.07) is 16.9. The lowest BCUT2D eigenvalue weighted by Gasteiger charge is -2.16. The van der Waals surface area contributed by atoms with Gasteiger partial charge in [0.1, 0.15) is 17.6 Å². The second-order valence-corrected chi connectivity index (χ2v) is 7.47. The standard InChI is InChI=1S/C24H22FN3O4/c25-17-10-8-16(9-11-17)19(21-7-4-14-32-21)12-13-26-22(29)15-20-23(30)28(24(31)27-20)18-5-2-1-3-6-18/h1-11,14,19-20H,12-13,15H2,(H,26,29)(H,27,31)/t19-,20+/m0/s1. The molecule has 0 spiro atoms. The van der Waals surface area contributed by atoms with Crippen molar-refractivity contribution in [3.05, 3.63) is 90.1 Å². The first-order valence-electron chi connectivity index (χ1n) is 10.3. The van der Waals surface area contributed by atoms with Crippen LogP contribution in [0.5, 0.6) is 0 Å². The summed E-state index contributed by atoms with van der Waals surface area (Å²) >= 11 is 0. The van der Waals surface area contributed by atoms with Crippen molar-refractivity contribution in [3.8, 4) is 0 Å². The molecular weight excluding hydrogens is 413 g/mol. The first-order valence-corrected chi connectivity index (χ1v) is 10.3. The Bertz CT molecular complexity index is 1080. The Kier molecular flexibility index (Phi) is 6.30. The molecule has 1 aliphatic heterocycles. The normalized spacial score (nSPS) is 16.7. The zero-order chi connectivity index (χ0) is 22.5. The predicted octanol–water partition coefficient (Wildman–Crippen LogP) is 3.57. The fourth-order valence-corrected chi connectivity index (χ4v) is 3.76. The van der Waals surface area contributed by atoms with Crippen molar-refractivity contribution in [3.63, 3.8) is 0 Å². The molecule has 1 aliphatic rings. The van der Waals surface area contributed by atoms with E-state index in [0.29, 0.717) is 24.4 Å². The third kappa shape index (κ3) is 4.69. The zero-order valence-electron chi connectivity index (χ0n) is 17.2. The van der Waals surface area contributed by atoms with Crippen LogP contribution < -0.4 is 15.5 Å². The highest BCUT2D eigenvalue weighted by Gasteiger charge is 2.39. The summed E-state index contributed by atoms with van der Waals surface area (Å²) in [7, 11) is 0. The minimum absolute atomic E-state index is 0.157. The molecule has 32 heavy (non-hydrogen) atoms. The number of urea groups is 1. The number of rotatable bonds is 8. The van der Waals surface area contributed by atoms with Crippen molar-refractivity contribution in [1.82, 2.24) is 10.6 Å². The van der Waals surface area contributed by atoms with Crippen LogP contribution in [0.3, 0.4) is 0 Å². The molecule has 2 atom stereocenters. The molecule has 1 saturated heterocycles. The third-order valence-electron chi connectivity index (χ3n) is 5.34. The molecule has 0 unspecified atom stereocenters. The van der Waals surface area contributed by atoms with E-state index in [9.17, 15) is 18.8 Å². The summed E-state index contributed by atoms with van der Waals surface area (Å²) in [6.45, 7) is 0.318. The lowest BCUT2D eigenvalue weighted by atomic mass is 9.93. The fourth-order valence-electron chi connectivity index (χ4n) is 3.76. The number of hydrogen-bond donors (Lipinski definition) is 2. The van der Waals surface area contributed by atoms with Gasteiger partial charge in [-0.1, -0.05) is 30.3 Å². The summed E-state index contributed by atoms with van der Waals surface area (Å²) in [6.07, 6.45) is 1.93. The van der Waals surface area contributed by atoms with E-state index >= 15 is 0 Å². The lowest BCUT2D eigenvalue weighted by Crippen LogP contribution is -2.37. The molecule has 0 radical (unpaired) electrons. The average molecular weight is 435 g/mol. The maximum atomic E-state index is 13.3. The summed E-state index contributed by atoms with van der Waals surface area (Å²) in [5.41, 5.74) is 1.32. The number of para-hydroxylation sites is 1. The van der Waals surface area contributed by atoms with Gasteiger partial charge in [0.2, 0.25) is 5.91 Å². The second-order valence-electron chi connectivity index (χ2n) is 7.47. The van der Waals surface area contributed by atoms with Gasteiger partial charge in [-0.05, 0) is 48.4 Å². The monoisotopic (exact) mass is 435 g/mol.